The van der Waals surface area contributed by atoms with Gasteiger partial charge in [0.2, 0.25) is 0 Å². The number of hydrogen-bond donors (Lipinski definition) is 0. The lowest BCUT2D eigenvalue weighted by Crippen LogP contribution is -2.35. The molecule has 5 rings (SSSR count). The van der Waals surface area contributed by atoms with Crippen LogP contribution >= 0.6 is 47.2 Å². The standard InChI is InChI=1S/C26H24Cl2N2O2S2/c1-2-17-5-3-7-20-18(14-29(24(17)20)13-16-8-9-21(27)22(28)11-16)12-23-25(31)30(26(33)34-23)15-19-6-4-10-32-19/h3,5,7-9,11-12,14,19H,2,4,6,10,13,15H2,1H3/b23-12-/t19-/m0/s1. The molecule has 34 heavy (non-hydrogen) atoms. The molecule has 2 saturated heterocycles. The molecule has 0 unspecified atom stereocenters. The van der Waals surface area contributed by atoms with E-state index in [0.29, 0.717) is 32.4 Å². The van der Waals surface area contributed by atoms with Crippen molar-refractivity contribution in [2.75, 3.05) is 13.2 Å². The van der Waals surface area contributed by atoms with Gasteiger partial charge in [-0.15, -0.1) is 0 Å². The van der Waals surface area contributed by atoms with Gasteiger partial charge in [0.25, 0.3) is 5.91 Å². The number of hydrogen-bond acceptors (Lipinski definition) is 4. The van der Waals surface area contributed by atoms with Gasteiger partial charge < -0.3 is 9.30 Å². The molecule has 0 radical (unpaired) electrons. The van der Waals surface area contributed by atoms with E-state index in [1.54, 1.807) is 4.90 Å². The van der Waals surface area contributed by atoms with Crippen LogP contribution in [0.3, 0.4) is 0 Å². The Morgan fingerprint density at radius 2 is 2.09 bits per heavy atom. The molecule has 8 heteroatoms. The minimum Gasteiger partial charge on any atom is -0.376 e. The maximum Gasteiger partial charge on any atom is 0.266 e. The smallest absolute Gasteiger partial charge is 0.266 e. The van der Waals surface area contributed by atoms with Crippen molar-refractivity contribution in [3.63, 3.8) is 0 Å². The van der Waals surface area contributed by atoms with E-state index in [9.17, 15) is 4.79 Å². The molecule has 2 fully saturated rings. The number of halogens is 2. The fourth-order valence-electron chi connectivity index (χ4n) is 4.62. The zero-order chi connectivity index (χ0) is 23.8. The molecule has 2 aliphatic rings. The molecule has 1 amide bonds. The summed E-state index contributed by atoms with van der Waals surface area (Å²) in [6.07, 6.45) is 7.07. The van der Waals surface area contributed by atoms with Crippen molar-refractivity contribution in [1.29, 1.82) is 0 Å². The first-order valence-electron chi connectivity index (χ1n) is 11.4. The number of nitrogens with zero attached hydrogens (tertiary/aromatic N) is 2. The van der Waals surface area contributed by atoms with Crippen LogP contribution in [0, 0.1) is 0 Å². The van der Waals surface area contributed by atoms with E-state index in [4.69, 9.17) is 40.2 Å². The average Bonchev–Trinajstić information content (AvgIpc) is 3.53. The minimum absolute atomic E-state index is 0.0393. The molecular formula is C26H24Cl2N2O2S2. The van der Waals surface area contributed by atoms with Crippen molar-refractivity contribution < 1.29 is 9.53 Å². The Bertz CT molecular complexity index is 1310. The second-order valence-corrected chi connectivity index (χ2v) is 11.0. The van der Waals surface area contributed by atoms with E-state index in [-0.39, 0.29) is 12.0 Å². The molecule has 3 aromatic rings. The first-order chi connectivity index (χ1) is 16.4. The molecule has 2 aromatic carbocycles. The number of benzene rings is 2. The average molecular weight is 532 g/mol. The molecule has 0 spiro atoms. The molecule has 2 aliphatic heterocycles. The maximum atomic E-state index is 13.2. The third kappa shape index (κ3) is 4.67. The third-order valence-corrected chi connectivity index (χ3v) is 8.42. The number of carbonyl (C=O) groups excluding carboxylic acids is 1. The molecule has 0 aliphatic carbocycles. The van der Waals surface area contributed by atoms with Crippen LogP contribution in [0.1, 0.15) is 36.5 Å². The predicted molar refractivity (Wildman–Crippen MR) is 146 cm³/mol. The molecule has 1 atom stereocenters. The number of carbonyl (C=O) groups is 1. The number of aryl methyl sites for hydroxylation is 1. The quantitative estimate of drug-likeness (QED) is 0.255. The van der Waals surface area contributed by atoms with Crippen LogP contribution in [0.15, 0.2) is 47.5 Å². The van der Waals surface area contributed by atoms with Gasteiger partial charge in [0.05, 0.1) is 33.1 Å². The second-order valence-electron chi connectivity index (χ2n) is 8.56. The fourth-order valence-corrected chi connectivity index (χ4v) is 6.20. The highest BCUT2D eigenvalue weighted by Gasteiger charge is 2.34. The maximum absolute atomic E-state index is 13.2. The summed E-state index contributed by atoms with van der Waals surface area (Å²) < 4.78 is 8.55. The predicted octanol–water partition coefficient (Wildman–Crippen LogP) is 6.94. The summed E-state index contributed by atoms with van der Waals surface area (Å²) in [4.78, 5) is 15.5. The van der Waals surface area contributed by atoms with Crippen molar-refractivity contribution in [2.24, 2.45) is 0 Å². The van der Waals surface area contributed by atoms with Crippen LogP contribution in [0.25, 0.3) is 17.0 Å². The third-order valence-electron chi connectivity index (χ3n) is 6.30. The van der Waals surface area contributed by atoms with Crippen LogP contribution in [0.4, 0.5) is 0 Å². The van der Waals surface area contributed by atoms with E-state index in [2.05, 4.69) is 35.9 Å². The number of rotatable bonds is 6. The Hall–Kier alpha value is -1.83. The Balaban J connectivity index is 1.51. The largest absolute Gasteiger partial charge is 0.376 e. The van der Waals surface area contributed by atoms with E-state index in [0.717, 1.165) is 47.9 Å². The SMILES string of the molecule is CCc1cccc2c(/C=C3\SC(=S)N(C[C@@H]4CCCO4)C3=O)cn(Cc3ccc(Cl)c(Cl)c3)c12. The summed E-state index contributed by atoms with van der Waals surface area (Å²) in [5.41, 5.74) is 4.48. The Labute approximate surface area is 218 Å². The molecule has 4 nitrogen and oxygen atoms in total. The molecule has 176 valence electrons. The zero-order valence-corrected chi connectivity index (χ0v) is 21.9. The molecule has 0 N–H and O–H groups in total. The van der Waals surface area contributed by atoms with Crippen molar-refractivity contribution in [1.82, 2.24) is 9.47 Å². The van der Waals surface area contributed by atoms with Crippen LogP contribution in [0.5, 0.6) is 0 Å². The van der Waals surface area contributed by atoms with E-state index < -0.39 is 0 Å². The monoisotopic (exact) mass is 530 g/mol. The number of fused-ring (bicyclic) bond motifs is 1. The lowest BCUT2D eigenvalue weighted by molar-refractivity contribution is -0.123. The van der Waals surface area contributed by atoms with E-state index in [1.165, 1.54) is 17.3 Å². The van der Waals surface area contributed by atoms with E-state index >= 15 is 0 Å². The lowest BCUT2D eigenvalue weighted by Gasteiger charge is -2.18. The summed E-state index contributed by atoms with van der Waals surface area (Å²) in [5, 5.41) is 2.20. The normalized spacial score (nSPS) is 19.8. The lowest BCUT2D eigenvalue weighted by atomic mass is 10.1. The molecular weight excluding hydrogens is 507 g/mol. The Morgan fingerprint density at radius 3 is 2.82 bits per heavy atom. The topological polar surface area (TPSA) is 34.5 Å². The van der Waals surface area contributed by atoms with Gasteiger partial charge in [0.1, 0.15) is 4.32 Å². The van der Waals surface area contributed by atoms with Gasteiger partial charge in [-0.1, -0.05) is 78.4 Å². The number of amides is 1. The van der Waals surface area contributed by atoms with Crippen molar-refractivity contribution in [3.8, 4) is 0 Å². The Kier molecular flexibility index (Phi) is 7.05. The van der Waals surface area contributed by atoms with Crippen LogP contribution in [0.2, 0.25) is 10.0 Å². The van der Waals surface area contributed by atoms with Crippen molar-refractivity contribution in [2.45, 2.75) is 38.8 Å². The summed E-state index contributed by atoms with van der Waals surface area (Å²) in [5.74, 6) is -0.0393. The molecule has 3 heterocycles. The first kappa shape index (κ1) is 23.9. The van der Waals surface area contributed by atoms with Crippen molar-refractivity contribution >= 4 is 74.4 Å². The van der Waals surface area contributed by atoms with Gasteiger partial charge in [-0.3, -0.25) is 9.69 Å². The van der Waals surface area contributed by atoms with Gasteiger partial charge >= 0.3 is 0 Å². The molecule has 0 bridgehead atoms. The Morgan fingerprint density at radius 1 is 1.24 bits per heavy atom. The fraction of sp³-hybridized carbons (Fsp3) is 0.308. The highest BCUT2D eigenvalue weighted by atomic mass is 35.5. The van der Waals surface area contributed by atoms with Gasteiger partial charge in [0, 0.05) is 30.3 Å². The van der Waals surface area contributed by atoms with Crippen molar-refractivity contribution in [3.05, 3.63) is 74.2 Å². The summed E-state index contributed by atoms with van der Waals surface area (Å²) in [6.45, 7) is 4.09. The minimum atomic E-state index is -0.0393. The van der Waals surface area contributed by atoms with Gasteiger partial charge in [-0.05, 0) is 48.6 Å². The van der Waals surface area contributed by atoms with Gasteiger partial charge in [-0.25, -0.2) is 0 Å². The number of aromatic nitrogens is 1. The van der Waals surface area contributed by atoms with Gasteiger partial charge in [0.15, 0.2) is 0 Å². The van der Waals surface area contributed by atoms with E-state index in [1.807, 2.05) is 24.3 Å². The summed E-state index contributed by atoms with van der Waals surface area (Å²) in [7, 11) is 0. The van der Waals surface area contributed by atoms with Gasteiger partial charge in [-0.2, -0.15) is 0 Å². The zero-order valence-electron chi connectivity index (χ0n) is 18.7. The number of thiocarbonyl (C=S) groups is 1. The second kappa shape index (κ2) is 10.0. The number of thioether (sulfide) groups is 1. The number of para-hydroxylation sites is 1. The highest BCUT2D eigenvalue weighted by molar-refractivity contribution is 8.26. The van der Waals surface area contributed by atoms with Crippen LogP contribution in [-0.2, 0) is 22.5 Å². The first-order valence-corrected chi connectivity index (χ1v) is 13.3. The van der Waals surface area contributed by atoms with Crippen LogP contribution in [-0.4, -0.2) is 39.0 Å². The molecule has 0 saturated carbocycles. The van der Waals surface area contributed by atoms with Crippen LogP contribution < -0.4 is 0 Å². The summed E-state index contributed by atoms with van der Waals surface area (Å²) in [6, 6.07) is 12.1. The molecule has 1 aromatic heterocycles. The number of ether oxygens (including phenoxy) is 1. The summed E-state index contributed by atoms with van der Waals surface area (Å²) >= 11 is 19.3. The highest BCUT2D eigenvalue weighted by Crippen LogP contribution is 2.36.